The normalized spacial score (nSPS) is 23.1. The van der Waals surface area contributed by atoms with Crippen molar-refractivity contribution in [2.75, 3.05) is 62.0 Å². The van der Waals surface area contributed by atoms with Gasteiger partial charge in [-0.05, 0) is 91.5 Å². The van der Waals surface area contributed by atoms with Crippen LogP contribution in [0.25, 0.3) is 0 Å². The summed E-state index contributed by atoms with van der Waals surface area (Å²) in [7, 11) is 0. The number of hydrogen-bond donors (Lipinski definition) is 4. The fraction of sp³-hybridized carbons (Fsp3) is 0.529. The van der Waals surface area contributed by atoms with Gasteiger partial charge in [0, 0.05) is 31.7 Å². The maximum absolute atomic E-state index is 13.7. The highest BCUT2D eigenvalue weighted by atomic mass is 19.1. The molecule has 4 N–H and O–H groups in total. The van der Waals surface area contributed by atoms with Gasteiger partial charge in [-0.1, -0.05) is 30.3 Å². The van der Waals surface area contributed by atoms with Crippen LogP contribution in [0.5, 0.6) is 0 Å². The van der Waals surface area contributed by atoms with Crippen molar-refractivity contribution < 1.29 is 18.7 Å². The minimum Gasteiger partial charge on any atom is -0.377 e. The van der Waals surface area contributed by atoms with Crippen LogP contribution in [0, 0.1) is 29.0 Å². The fourth-order valence-electron chi connectivity index (χ4n) is 7.70. The molecule has 4 aliphatic rings. The van der Waals surface area contributed by atoms with E-state index in [0.717, 1.165) is 29.9 Å². The summed E-state index contributed by atoms with van der Waals surface area (Å²) < 4.78 is 25.0. The molecule has 240 valence electrons. The topological polar surface area (TPSA) is 122 Å². The van der Waals surface area contributed by atoms with Gasteiger partial charge >= 0.3 is 0 Å². The number of carbonyl (C=O) groups is 1. The third-order valence-corrected chi connectivity index (χ3v) is 9.23. The second-order valence-electron chi connectivity index (χ2n) is 12.8. The fourth-order valence-corrected chi connectivity index (χ4v) is 7.70. The number of ether oxygens (including phenoxy) is 2. The molecule has 0 saturated heterocycles. The molecule has 0 unspecified atom stereocenters. The first kappa shape index (κ1) is 31.2. The molecular formula is C34H44FN7O3. The molecule has 4 aliphatic carbocycles. The molecule has 4 saturated carbocycles. The highest BCUT2D eigenvalue weighted by molar-refractivity contribution is 5.94. The van der Waals surface area contributed by atoms with E-state index in [1.54, 1.807) is 18.2 Å². The monoisotopic (exact) mass is 617 g/mol. The quantitative estimate of drug-likeness (QED) is 0.153. The Labute approximate surface area is 264 Å². The number of nitrogens with zero attached hydrogens (tertiary/aromatic N) is 3. The van der Waals surface area contributed by atoms with Crippen LogP contribution in [0.15, 0.2) is 54.6 Å². The first-order valence-electron chi connectivity index (χ1n) is 16.2. The molecule has 0 spiro atoms. The summed E-state index contributed by atoms with van der Waals surface area (Å²) in [5.41, 5.74) is 1.78. The molecule has 0 radical (unpaired) electrons. The predicted molar refractivity (Wildman–Crippen MR) is 172 cm³/mol. The van der Waals surface area contributed by atoms with Gasteiger partial charge in [0.2, 0.25) is 17.8 Å². The van der Waals surface area contributed by atoms with Crippen molar-refractivity contribution >= 4 is 23.8 Å². The number of anilines is 3. The van der Waals surface area contributed by atoms with E-state index >= 15 is 0 Å². The molecular weight excluding hydrogens is 573 g/mol. The van der Waals surface area contributed by atoms with Gasteiger partial charge in [0.15, 0.2) is 0 Å². The van der Waals surface area contributed by atoms with Crippen molar-refractivity contribution in [3.63, 3.8) is 0 Å². The zero-order valence-corrected chi connectivity index (χ0v) is 25.8. The van der Waals surface area contributed by atoms with E-state index < -0.39 is 0 Å². The molecule has 4 bridgehead atoms. The number of carbonyl (C=O) groups excluding carboxylic acids is 1. The Morgan fingerprint density at radius 2 is 1.38 bits per heavy atom. The minimum absolute atomic E-state index is 0.113. The first-order chi connectivity index (χ1) is 22.0. The molecule has 11 heteroatoms. The third-order valence-electron chi connectivity index (χ3n) is 9.23. The lowest BCUT2D eigenvalue weighted by atomic mass is 9.49. The summed E-state index contributed by atoms with van der Waals surface area (Å²) in [6.07, 6.45) is 8.14. The third kappa shape index (κ3) is 8.88. The lowest BCUT2D eigenvalue weighted by molar-refractivity contribution is -0.0445. The molecule has 1 heterocycles. The molecule has 2 aromatic carbocycles. The summed E-state index contributed by atoms with van der Waals surface area (Å²) in [6.45, 7) is 3.94. The van der Waals surface area contributed by atoms with Crippen LogP contribution in [-0.4, -0.2) is 66.9 Å². The number of rotatable bonds is 17. The van der Waals surface area contributed by atoms with Gasteiger partial charge in [-0.2, -0.15) is 15.0 Å². The van der Waals surface area contributed by atoms with Gasteiger partial charge in [-0.3, -0.25) is 4.79 Å². The van der Waals surface area contributed by atoms with Crippen molar-refractivity contribution in [2.24, 2.45) is 23.2 Å². The Hall–Kier alpha value is -3.83. The van der Waals surface area contributed by atoms with Gasteiger partial charge in [-0.25, -0.2) is 4.39 Å². The lowest BCUT2D eigenvalue weighted by Gasteiger charge is -2.56. The molecule has 0 atom stereocenters. The lowest BCUT2D eigenvalue weighted by Crippen LogP contribution is -2.49. The molecule has 0 aliphatic heterocycles. The van der Waals surface area contributed by atoms with Gasteiger partial charge < -0.3 is 30.7 Å². The summed E-state index contributed by atoms with van der Waals surface area (Å²) >= 11 is 0. The molecule has 10 nitrogen and oxygen atoms in total. The van der Waals surface area contributed by atoms with Gasteiger partial charge in [-0.15, -0.1) is 0 Å². The van der Waals surface area contributed by atoms with Crippen molar-refractivity contribution in [2.45, 2.75) is 45.1 Å². The van der Waals surface area contributed by atoms with E-state index in [9.17, 15) is 9.18 Å². The van der Waals surface area contributed by atoms with Crippen LogP contribution in [0.2, 0.25) is 0 Å². The Balaban J connectivity index is 0.949. The van der Waals surface area contributed by atoms with Crippen molar-refractivity contribution in [3.8, 4) is 0 Å². The first-order valence-corrected chi connectivity index (χ1v) is 16.2. The van der Waals surface area contributed by atoms with Crippen molar-refractivity contribution in [1.29, 1.82) is 0 Å². The largest absolute Gasteiger partial charge is 0.377 e. The molecule has 7 rings (SSSR count). The Morgan fingerprint density at radius 3 is 2.04 bits per heavy atom. The van der Waals surface area contributed by atoms with E-state index in [1.165, 1.54) is 50.7 Å². The average molecular weight is 618 g/mol. The van der Waals surface area contributed by atoms with E-state index in [1.807, 2.05) is 24.3 Å². The maximum Gasteiger partial charge on any atom is 0.251 e. The Morgan fingerprint density at radius 1 is 0.756 bits per heavy atom. The summed E-state index contributed by atoms with van der Waals surface area (Å²) in [6, 6.07) is 15.6. The number of amides is 1. The average Bonchev–Trinajstić information content (AvgIpc) is 3.03. The second kappa shape index (κ2) is 15.0. The van der Waals surface area contributed by atoms with Crippen LogP contribution >= 0.6 is 0 Å². The van der Waals surface area contributed by atoms with Crippen LogP contribution in [0.1, 0.15) is 54.4 Å². The van der Waals surface area contributed by atoms with E-state index in [2.05, 4.69) is 36.2 Å². The zero-order chi connectivity index (χ0) is 30.9. The van der Waals surface area contributed by atoms with E-state index in [-0.39, 0.29) is 11.7 Å². The summed E-state index contributed by atoms with van der Waals surface area (Å²) in [5.74, 6) is 3.67. The number of benzene rings is 2. The van der Waals surface area contributed by atoms with Gasteiger partial charge in [0.25, 0.3) is 5.91 Å². The molecule has 45 heavy (non-hydrogen) atoms. The number of hydrogen-bond acceptors (Lipinski definition) is 9. The van der Waals surface area contributed by atoms with Crippen molar-refractivity contribution in [1.82, 2.24) is 20.3 Å². The molecule has 3 aromatic rings. The van der Waals surface area contributed by atoms with Gasteiger partial charge in [0.05, 0.1) is 26.4 Å². The highest BCUT2D eigenvalue weighted by Crippen LogP contribution is 2.59. The summed E-state index contributed by atoms with van der Waals surface area (Å²) in [4.78, 5) is 25.9. The zero-order valence-electron chi connectivity index (χ0n) is 25.8. The van der Waals surface area contributed by atoms with Gasteiger partial charge in [0.1, 0.15) is 5.82 Å². The number of halogens is 1. The van der Waals surface area contributed by atoms with E-state index in [0.29, 0.717) is 74.9 Å². The maximum atomic E-state index is 13.7. The van der Waals surface area contributed by atoms with Crippen LogP contribution in [0.3, 0.4) is 0 Å². The highest BCUT2D eigenvalue weighted by Gasteiger charge is 2.50. The smallest absolute Gasteiger partial charge is 0.251 e. The van der Waals surface area contributed by atoms with Crippen LogP contribution in [-0.2, 0) is 16.0 Å². The molecule has 1 aromatic heterocycles. The predicted octanol–water partition coefficient (Wildman–Crippen LogP) is 5.13. The van der Waals surface area contributed by atoms with Crippen LogP contribution < -0.4 is 21.3 Å². The Bertz CT molecular complexity index is 1370. The second-order valence-corrected chi connectivity index (χ2v) is 12.8. The number of aromatic nitrogens is 3. The minimum atomic E-state index is -0.273. The van der Waals surface area contributed by atoms with E-state index in [4.69, 9.17) is 9.47 Å². The Kier molecular flexibility index (Phi) is 10.4. The number of nitrogens with one attached hydrogen (secondary N) is 4. The SMILES string of the molecule is O=C(NCCOCCOCCNc1nc(NCc2cccc(F)c2)nc(NCC23CC4CC(CC(C4)C2)C3)n1)c1ccccc1. The molecule has 1 amide bonds. The molecule has 4 fully saturated rings. The summed E-state index contributed by atoms with van der Waals surface area (Å²) in [5, 5.41) is 12.9. The standard InChI is InChI=1S/C34H44FN7O3/c35-29-8-4-5-24(18-29)22-38-32-40-31(37-10-12-45-14-13-44-11-9-36-30(43)28-6-2-1-3-7-28)41-33(42-32)39-23-34-19-25-15-26(20-34)17-27(16-25)21-34/h1-8,18,25-27H,9-17,19-23H2,(H,36,43)(H3,37,38,39,40,41,42). The van der Waals surface area contributed by atoms with Crippen molar-refractivity contribution in [3.05, 3.63) is 71.5 Å². The van der Waals surface area contributed by atoms with Crippen LogP contribution in [0.4, 0.5) is 22.2 Å².